The van der Waals surface area contributed by atoms with Crippen molar-refractivity contribution in [3.05, 3.63) is 0 Å². The summed E-state index contributed by atoms with van der Waals surface area (Å²) in [7, 11) is 1.65. The Morgan fingerprint density at radius 3 is 2.67 bits per heavy atom. The number of rotatable bonds is 6. The first-order valence-corrected chi connectivity index (χ1v) is 4.85. The highest BCUT2D eigenvalue weighted by Crippen LogP contribution is 2.35. The van der Waals surface area contributed by atoms with Crippen LogP contribution in [0.5, 0.6) is 0 Å². The van der Waals surface area contributed by atoms with Gasteiger partial charge in [-0.2, -0.15) is 0 Å². The first-order valence-electron chi connectivity index (χ1n) is 4.85. The Bertz CT molecular complexity index is 150. The maximum atomic E-state index is 11.5. The average molecular weight is 170 g/mol. The second kappa shape index (κ2) is 4.61. The second-order valence-corrected chi connectivity index (χ2v) is 3.56. The molecule has 1 aliphatic carbocycles. The Labute approximate surface area is 74.3 Å². The van der Waals surface area contributed by atoms with Gasteiger partial charge in [-0.3, -0.25) is 4.79 Å². The van der Waals surface area contributed by atoms with Crippen molar-refractivity contribution in [1.82, 2.24) is 0 Å². The van der Waals surface area contributed by atoms with Crippen molar-refractivity contribution in [2.24, 2.45) is 5.92 Å². The van der Waals surface area contributed by atoms with Gasteiger partial charge in [0.1, 0.15) is 6.10 Å². The minimum absolute atomic E-state index is 0.0865. The summed E-state index contributed by atoms with van der Waals surface area (Å²) in [4.78, 5) is 11.5. The molecule has 0 aliphatic heterocycles. The third-order valence-corrected chi connectivity index (χ3v) is 2.40. The van der Waals surface area contributed by atoms with Crippen LogP contribution in [-0.4, -0.2) is 19.0 Å². The van der Waals surface area contributed by atoms with Crippen LogP contribution in [0.3, 0.4) is 0 Å². The molecule has 0 amide bonds. The number of methoxy groups -OCH3 is 1. The Hall–Kier alpha value is -0.370. The third kappa shape index (κ3) is 2.59. The van der Waals surface area contributed by atoms with Crippen LogP contribution in [0, 0.1) is 5.92 Å². The topological polar surface area (TPSA) is 26.3 Å². The lowest BCUT2D eigenvalue weighted by Gasteiger charge is -2.12. The normalized spacial score (nSPS) is 19.2. The van der Waals surface area contributed by atoms with Crippen LogP contribution in [0.15, 0.2) is 0 Å². The molecule has 0 aromatic carbocycles. The number of unbranched alkanes of at least 4 members (excludes halogenated alkanes) is 1. The predicted molar refractivity (Wildman–Crippen MR) is 48.1 cm³/mol. The van der Waals surface area contributed by atoms with Crippen molar-refractivity contribution in [3.8, 4) is 0 Å². The fourth-order valence-electron chi connectivity index (χ4n) is 1.48. The summed E-state index contributed by atoms with van der Waals surface area (Å²) in [5.41, 5.74) is 0. The Balaban J connectivity index is 2.26. The molecule has 0 aromatic heterocycles. The van der Waals surface area contributed by atoms with E-state index >= 15 is 0 Å². The van der Waals surface area contributed by atoms with Crippen molar-refractivity contribution < 1.29 is 9.53 Å². The van der Waals surface area contributed by atoms with E-state index in [4.69, 9.17) is 4.74 Å². The molecule has 0 radical (unpaired) electrons. The Kier molecular flexibility index (Phi) is 3.73. The average Bonchev–Trinajstić information content (AvgIpc) is 2.86. The van der Waals surface area contributed by atoms with Gasteiger partial charge in [-0.15, -0.1) is 0 Å². The summed E-state index contributed by atoms with van der Waals surface area (Å²) in [6, 6.07) is 0. The molecule has 0 heterocycles. The lowest BCUT2D eigenvalue weighted by molar-refractivity contribution is -0.130. The van der Waals surface area contributed by atoms with E-state index in [0.717, 1.165) is 12.8 Å². The Morgan fingerprint density at radius 1 is 1.58 bits per heavy atom. The smallest absolute Gasteiger partial charge is 0.161 e. The summed E-state index contributed by atoms with van der Waals surface area (Å²) in [6.45, 7) is 2.10. The molecule has 1 aliphatic rings. The van der Waals surface area contributed by atoms with E-state index in [-0.39, 0.29) is 6.10 Å². The summed E-state index contributed by atoms with van der Waals surface area (Å²) in [5, 5.41) is 0. The van der Waals surface area contributed by atoms with Crippen LogP contribution in [0.4, 0.5) is 0 Å². The number of carbonyl (C=O) groups excluding carboxylic acids is 1. The molecule has 1 unspecified atom stereocenters. The van der Waals surface area contributed by atoms with Crippen LogP contribution >= 0.6 is 0 Å². The molecule has 0 N–H and O–H groups in total. The molecule has 1 rings (SSSR count). The highest BCUT2D eigenvalue weighted by Gasteiger charge is 2.35. The molecule has 70 valence electrons. The van der Waals surface area contributed by atoms with Gasteiger partial charge in [0, 0.05) is 13.5 Å². The second-order valence-electron chi connectivity index (χ2n) is 3.56. The Morgan fingerprint density at radius 2 is 2.25 bits per heavy atom. The van der Waals surface area contributed by atoms with Gasteiger partial charge in [0.25, 0.3) is 0 Å². The summed E-state index contributed by atoms with van der Waals surface area (Å²) in [5.74, 6) is 0.848. The number of ketones is 1. The first-order chi connectivity index (χ1) is 5.79. The zero-order chi connectivity index (χ0) is 8.97. The van der Waals surface area contributed by atoms with Crippen LogP contribution in [0.2, 0.25) is 0 Å². The van der Waals surface area contributed by atoms with E-state index in [0.29, 0.717) is 18.1 Å². The van der Waals surface area contributed by atoms with E-state index in [2.05, 4.69) is 6.92 Å². The van der Waals surface area contributed by atoms with E-state index in [1.807, 2.05) is 0 Å². The molecule has 0 saturated heterocycles. The molecule has 12 heavy (non-hydrogen) atoms. The third-order valence-electron chi connectivity index (χ3n) is 2.40. The van der Waals surface area contributed by atoms with Crippen molar-refractivity contribution in [3.63, 3.8) is 0 Å². The quantitative estimate of drug-likeness (QED) is 0.610. The molecular formula is C10H18O2. The fraction of sp³-hybridized carbons (Fsp3) is 0.900. The maximum Gasteiger partial charge on any atom is 0.161 e. The molecule has 1 saturated carbocycles. The summed E-state index contributed by atoms with van der Waals surface area (Å²) < 4.78 is 5.18. The van der Waals surface area contributed by atoms with Crippen molar-refractivity contribution >= 4 is 5.78 Å². The van der Waals surface area contributed by atoms with Crippen LogP contribution in [0.1, 0.15) is 39.0 Å². The lowest BCUT2D eigenvalue weighted by atomic mass is 10.1. The molecule has 0 spiro atoms. The largest absolute Gasteiger partial charge is 0.373 e. The monoisotopic (exact) mass is 170 g/mol. The summed E-state index contributed by atoms with van der Waals surface area (Å²) >= 11 is 0. The van der Waals surface area contributed by atoms with Gasteiger partial charge >= 0.3 is 0 Å². The number of hydrogen-bond acceptors (Lipinski definition) is 2. The molecule has 1 fully saturated rings. The SMILES string of the molecule is CCCCC(=O)C(OC)C1CC1. The fourth-order valence-corrected chi connectivity index (χ4v) is 1.48. The molecule has 2 heteroatoms. The van der Waals surface area contributed by atoms with Crippen molar-refractivity contribution in [1.29, 1.82) is 0 Å². The van der Waals surface area contributed by atoms with E-state index in [1.165, 1.54) is 12.8 Å². The predicted octanol–water partition coefficient (Wildman–Crippen LogP) is 2.17. The standard InChI is InChI=1S/C10H18O2/c1-3-4-5-9(11)10(12-2)8-6-7-8/h8,10H,3-7H2,1-2H3. The van der Waals surface area contributed by atoms with Crippen molar-refractivity contribution in [2.75, 3.05) is 7.11 Å². The van der Waals surface area contributed by atoms with E-state index < -0.39 is 0 Å². The van der Waals surface area contributed by atoms with Gasteiger partial charge in [-0.05, 0) is 25.2 Å². The van der Waals surface area contributed by atoms with Gasteiger partial charge < -0.3 is 4.74 Å². The minimum atomic E-state index is -0.0865. The van der Waals surface area contributed by atoms with Crippen LogP contribution in [0.25, 0.3) is 0 Å². The van der Waals surface area contributed by atoms with Gasteiger partial charge in [0.15, 0.2) is 5.78 Å². The highest BCUT2D eigenvalue weighted by molar-refractivity contribution is 5.83. The number of hydrogen-bond donors (Lipinski definition) is 0. The van der Waals surface area contributed by atoms with Crippen LogP contribution in [-0.2, 0) is 9.53 Å². The zero-order valence-corrected chi connectivity index (χ0v) is 8.01. The van der Waals surface area contributed by atoms with Crippen LogP contribution < -0.4 is 0 Å². The lowest BCUT2D eigenvalue weighted by Crippen LogP contribution is -2.24. The molecule has 1 atom stereocenters. The van der Waals surface area contributed by atoms with Crippen molar-refractivity contribution in [2.45, 2.75) is 45.1 Å². The van der Waals surface area contributed by atoms with Gasteiger partial charge in [0.05, 0.1) is 0 Å². The zero-order valence-electron chi connectivity index (χ0n) is 8.01. The van der Waals surface area contributed by atoms with E-state index in [9.17, 15) is 4.79 Å². The molecule has 2 nitrogen and oxygen atoms in total. The number of ether oxygens (including phenoxy) is 1. The first kappa shape index (κ1) is 9.72. The number of carbonyl (C=O) groups is 1. The molecule has 0 aromatic rings. The minimum Gasteiger partial charge on any atom is -0.373 e. The highest BCUT2D eigenvalue weighted by atomic mass is 16.5. The van der Waals surface area contributed by atoms with Gasteiger partial charge in [-0.1, -0.05) is 13.3 Å². The van der Waals surface area contributed by atoms with Gasteiger partial charge in [0.2, 0.25) is 0 Å². The number of Topliss-reactive ketones (excluding diaryl/α,β-unsaturated/α-hetero) is 1. The molecular weight excluding hydrogens is 152 g/mol. The molecule has 0 bridgehead atoms. The maximum absolute atomic E-state index is 11.5. The van der Waals surface area contributed by atoms with Gasteiger partial charge in [-0.25, -0.2) is 0 Å². The van der Waals surface area contributed by atoms with E-state index in [1.54, 1.807) is 7.11 Å². The summed E-state index contributed by atoms with van der Waals surface area (Å²) in [6.07, 6.45) is 5.06.